The Bertz CT molecular complexity index is 601. The van der Waals surface area contributed by atoms with E-state index in [0.29, 0.717) is 27.1 Å². The van der Waals surface area contributed by atoms with Gasteiger partial charge in [-0.2, -0.15) is 0 Å². The lowest BCUT2D eigenvalue weighted by atomic mass is 10.2. The van der Waals surface area contributed by atoms with E-state index in [4.69, 9.17) is 45.9 Å². The first-order valence-corrected chi connectivity index (χ1v) is 6.26. The van der Waals surface area contributed by atoms with Crippen LogP contribution in [-0.4, -0.2) is 4.99 Å². The molecule has 2 aromatic carbocycles. The van der Waals surface area contributed by atoms with Crippen molar-refractivity contribution in [3.63, 3.8) is 0 Å². The van der Waals surface area contributed by atoms with Crippen molar-refractivity contribution in [2.24, 2.45) is 5.73 Å². The van der Waals surface area contributed by atoms with E-state index in [9.17, 15) is 0 Å². The summed E-state index contributed by atoms with van der Waals surface area (Å²) in [5, 5.41) is 0.957. The van der Waals surface area contributed by atoms with Gasteiger partial charge in [-0.15, -0.1) is 0 Å². The summed E-state index contributed by atoms with van der Waals surface area (Å²) in [6.07, 6.45) is 0. The Kier molecular flexibility index (Phi) is 4.07. The van der Waals surface area contributed by atoms with Crippen LogP contribution in [0.3, 0.4) is 0 Å². The minimum atomic E-state index is 0.183. The average Bonchev–Trinajstić information content (AvgIpc) is 2.31. The third kappa shape index (κ3) is 2.75. The summed E-state index contributed by atoms with van der Waals surface area (Å²) >= 11 is 17.0. The smallest absolute Gasteiger partial charge is 0.146 e. The lowest BCUT2D eigenvalue weighted by Gasteiger charge is -2.12. The van der Waals surface area contributed by atoms with Crippen LogP contribution in [0.5, 0.6) is 11.5 Å². The van der Waals surface area contributed by atoms with Crippen LogP contribution in [0, 0.1) is 0 Å². The van der Waals surface area contributed by atoms with E-state index in [0.717, 1.165) is 0 Å². The van der Waals surface area contributed by atoms with Gasteiger partial charge in [0.15, 0.2) is 0 Å². The van der Waals surface area contributed by atoms with Crippen molar-refractivity contribution in [1.29, 1.82) is 0 Å². The van der Waals surface area contributed by atoms with Gasteiger partial charge in [0.05, 0.1) is 15.6 Å². The first-order chi connectivity index (χ1) is 8.59. The molecule has 0 saturated heterocycles. The second-order valence-electron chi connectivity index (χ2n) is 3.51. The molecule has 0 bridgehead atoms. The maximum atomic E-state index is 6.05. The highest BCUT2D eigenvalue weighted by Crippen LogP contribution is 2.33. The molecule has 0 spiro atoms. The van der Waals surface area contributed by atoms with E-state index < -0.39 is 0 Å². The molecule has 0 unspecified atom stereocenters. The van der Waals surface area contributed by atoms with Gasteiger partial charge in [0, 0.05) is 0 Å². The quantitative estimate of drug-likeness (QED) is 0.852. The van der Waals surface area contributed by atoms with E-state index in [1.807, 2.05) is 12.1 Å². The summed E-state index contributed by atoms with van der Waals surface area (Å²) in [6, 6.07) is 12.3. The fraction of sp³-hybridized carbons (Fsp3) is 0. The summed E-state index contributed by atoms with van der Waals surface area (Å²) in [4.78, 5) is 0.183. The molecule has 0 saturated carbocycles. The number of ether oxygens (including phenoxy) is 1. The number of rotatable bonds is 3. The predicted octanol–water partition coefficient (Wildman–Crippen LogP) is 4.42. The zero-order valence-corrected chi connectivity index (χ0v) is 11.5. The largest absolute Gasteiger partial charge is 0.455 e. The number of para-hydroxylation sites is 1. The first-order valence-electron chi connectivity index (χ1n) is 5.10. The van der Waals surface area contributed by atoms with Crippen molar-refractivity contribution in [2.45, 2.75) is 0 Å². The van der Waals surface area contributed by atoms with E-state index in [2.05, 4.69) is 0 Å². The number of hydrogen-bond donors (Lipinski definition) is 1. The summed E-state index contributed by atoms with van der Waals surface area (Å²) in [5.74, 6) is 1.02. The molecular weight excluding hydrogens is 289 g/mol. The lowest BCUT2D eigenvalue weighted by Crippen LogP contribution is -2.11. The fourth-order valence-corrected chi connectivity index (χ4v) is 2.18. The van der Waals surface area contributed by atoms with Crippen LogP contribution in [0.2, 0.25) is 10.0 Å². The third-order valence-corrected chi connectivity index (χ3v) is 3.11. The van der Waals surface area contributed by atoms with Gasteiger partial charge >= 0.3 is 0 Å². The summed E-state index contributed by atoms with van der Waals surface area (Å²) < 4.78 is 5.70. The second kappa shape index (κ2) is 5.57. The lowest BCUT2D eigenvalue weighted by molar-refractivity contribution is 0.482. The van der Waals surface area contributed by atoms with Crippen LogP contribution in [0.15, 0.2) is 42.5 Å². The summed E-state index contributed by atoms with van der Waals surface area (Å²) in [5.41, 5.74) is 6.15. The maximum absolute atomic E-state index is 6.05. The normalized spacial score (nSPS) is 10.1. The molecule has 5 heteroatoms. The molecule has 0 aliphatic heterocycles. The predicted molar refractivity (Wildman–Crippen MR) is 78.9 cm³/mol. The molecular formula is C13H9Cl2NOS. The standard InChI is InChI=1S/C13H9Cl2NOS/c14-8-4-1-2-6-10(8)17-11-7-3-5-9(15)12(11)13(16)18/h1-7H,(H2,16,18). The third-order valence-electron chi connectivity index (χ3n) is 2.28. The van der Waals surface area contributed by atoms with Gasteiger partial charge in [0.1, 0.15) is 16.5 Å². The molecule has 0 aliphatic carbocycles. The van der Waals surface area contributed by atoms with E-state index in [1.54, 1.807) is 30.3 Å². The van der Waals surface area contributed by atoms with E-state index in [1.165, 1.54) is 0 Å². The van der Waals surface area contributed by atoms with Crippen molar-refractivity contribution in [1.82, 2.24) is 0 Å². The van der Waals surface area contributed by atoms with Crippen molar-refractivity contribution in [2.75, 3.05) is 0 Å². The molecule has 0 amide bonds. The Morgan fingerprint density at radius 1 is 0.944 bits per heavy atom. The Balaban J connectivity index is 2.44. The van der Waals surface area contributed by atoms with E-state index in [-0.39, 0.29) is 4.99 Å². The Hall–Kier alpha value is -1.29. The van der Waals surface area contributed by atoms with Crippen molar-refractivity contribution in [3.05, 3.63) is 58.1 Å². The molecule has 2 aromatic rings. The zero-order chi connectivity index (χ0) is 13.1. The Labute approximate surface area is 120 Å². The summed E-state index contributed by atoms with van der Waals surface area (Å²) in [6.45, 7) is 0. The number of benzene rings is 2. The SMILES string of the molecule is NC(=S)c1c(Cl)cccc1Oc1ccccc1Cl. The topological polar surface area (TPSA) is 35.2 Å². The molecule has 2 nitrogen and oxygen atoms in total. The second-order valence-corrected chi connectivity index (χ2v) is 4.76. The van der Waals surface area contributed by atoms with Crippen LogP contribution < -0.4 is 10.5 Å². The van der Waals surface area contributed by atoms with Gasteiger partial charge in [-0.3, -0.25) is 0 Å². The molecule has 2 rings (SSSR count). The van der Waals surface area contributed by atoms with Gasteiger partial charge in [0.25, 0.3) is 0 Å². The molecule has 0 aliphatic rings. The Morgan fingerprint density at radius 2 is 1.56 bits per heavy atom. The van der Waals surface area contributed by atoms with Crippen LogP contribution in [0.1, 0.15) is 5.56 Å². The molecule has 0 heterocycles. The average molecular weight is 298 g/mol. The van der Waals surface area contributed by atoms with Crippen LogP contribution in [-0.2, 0) is 0 Å². The minimum Gasteiger partial charge on any atom is -0.455 e. The highest BCUT2D eigenvalue weighted by Gasteiger charge is 2.12. The number of nitrogens with two attached hydrogens (primary N) is 1. The highest BCUT2D eigenvalue weighted by molar-refractivity contribution is 7.80. The van der Waals surface area contributed by atoms with Crippen molar-refractivity contribution in [3.8, 4) is 11.5 Å². The van der Waals surface area contributed by atoms with Crippen LogP contribution >= 0.6 is 35.4 Å². The number of hydrogen-bond acceptors (Lipinski definition) is 2. The van der Waals surface area contributed by atoms with Crippen molar-refractivity contribution < 1.29 is 4.74 Å². The molecule has 0 radical (unpaired) electrons. The van der Waals surface area contributed by atoms with Crippen LogP contribution in [0.4, 0.5) is 0 Å². The molecule has 18 heavy (non-hydrogen) atoms. The molecule has 0 fully saturated rings. The number of halogens is 2. The van der Waals surface area contributed by atoms with Gasteiger partial charge in [-0.25, -0.2) is 0 Å². The zero-order valence-electron chi connectivity index (χ0n) is 9.19. The Morgan fingerprint density at radius 3 is 2.22 bits per heavy atom. The van der Waals surface area contributed by atoms with E-state index >= 15 is 0 Å². The first kappa shape index (κ1) is 13.1. The van der Waals surface area contributed by atoms with Gasteiger partial charge in [-0.05, 0) is 24.3 Å². The molecule has 0 atom stereocenters. The minimum absolute atomic E-state index is 0.183. The number of thiocarbonyl (C=S) groups is 1. The van der Waals surface area contributed by atoms with Gasteiger partial charge < -0.3 is 10.5 Å². The fourth-order valence-electron chi connectivity index (χ4n) is 1.47. The summed E-state index contributed by atoms with van der Waals surface area (Å²) in [7, 11) is 0. The highest BCUT2D eigenvalue weighted by atomic mass is 35.5. The van der Waals surface area contributed by atoms with Crippen LogP contribution in [0.25, 0.3) is 0 Å². The molecule has 92 valence electrons. The maximum Gasteiger partial charge on any atom is 0.146 e. The van der Waals surface area contributed by atoms with Gasteiger partial charge in [-0.1, -0.05) is 53.6 Å². The molecule has 2 N–H and O–H groups in total. The monoisotopic (exact) mass is 297 g/mol. The van der Waals surface area contributed by atoms with Crippen molar-refractivity contribution >= 4 is 40.4 Å². The van der Waals surface area contributed by atoms with Gasteiger partial charge in [0.2, 0.25) is 0 Å². The molecule has 0 aromatic heterocycles.